The molecule has 3 atom stereocenters. The number of amides is 1. The van der Waals surface area contributed by atoms with Gasteiger partial charge in [-0.15, -0.1) is 0 Å². The van der Waals surface area contributed by atoms with Crippen LogP contribution in [0.25, 0.3) is 0 Å². The molecule has 28 heavy (non-hydrogen) atoms. The number of amidine groups is 1. The van der Waals surface area contributed by atoms with Gasteiger partial charge in [0.05, 0.1) is 0 Å². The molecule has 1 aromatic carbocycles. The van der Waals surface area contributed by atoms with Gasteiger partial charge in [-0.3, -0.25) is 4.79 Å². The zero-order valence-corrected chi connectivity index (χ0v) is 16.4. The van der Waals surface area contributed by atoms with Crippen LogP contribution in [0.4, 0.5) is 5.69 Å². The summed E-state index contributed by atoms with van der Waals surface area (Å²) in [6.07, 6.45) is 6.04. The Balaban J connectivity index is 1.52. The van der Waals surface area contributed by atoms with Crippen molar-refractivity contribution in [2.45, 2.75) is 44.2 Å². The van der Waals surface area contributed by atoms with Gasteiger partial charge >= 0.3 is 0 Å². The Morgan fingerprint density at radius 2 is 2.21 bits per heavy atom. The SMILES string of the molecule is Cc1nc(C(=O)Nc2ccc3c(c2)C2(CSC(N)=N2)C2CCCCC2O3)co1. The number of rotatable bonds is 2. The van der Waals surface area contributed by atoms with Crippen LogP contribution in [0.1, 0.15) is 47.6 Å². The molecule has 0 radical (unpaired) electrons. The summed E-state index contributed by atoms with van der Waals surface area (Å²) in [7, 11) is 0. The molecule has 1 amide bonds. The first-order valence-electron chi connectivity index (χ1n) is 9.58. The van der Waals surface area contributed by atoms with Crippen molar-refractivity contribution in [3.05, 3.63) is 41.6 Å². The second-order valence-corrected chi connectivity index (χ2v) is 8.62. The lowest BCUT2D eigenvalue weighted by Gasteiger charge is -2.47. The van der Waals surface area contributed by atoms with Gasteiger partial charge in [0.1, 0.15) is 23.7 Å². The van der Waals surface area contributed by atoms with Crippen molar-refractivity contribution >= 4 is 28.5 Å². The maximum atomic E-state index is 12.5. The van der Waals surface area contributed by atoms with E-state index in [2.05, 4.69) is 10.3 Å². The van der Waals surface area contributed by atoms with E-state index >= 15 is 0 Å². The molecule has 8 heteroatoms. The number of nitrogens with one attached hydrogen (secondary N) is 1. The highest BCUT2D eigenvalue weighted by molar-refractivity contribution is 8.14. The third-order valence-electron chi connectivity index (χ3n) is 5.90. The molecule has 0 saturated heterocycles. The minimum absolute atomic E-state index is 0.176. The molecule has 1 aromatic heterocycles. The lowest BCUT2D eigenvalue weighted by Crippen LogP contribution is -2.49. The number of benzene rings is 1. The summed E-state index contributed by atoms with van der Waals surface area (Å²) in [4.78, 5) is 21.5. The molecule has 5 rings (SSSR count). The quantitative estimate of drug-likeness (QED) is 0.803. The van der Waals surface area contributed by atoms with Gasteiger partial charge in [-0.1, -0.05) is 18.2 Å². The van der Waals surface area contributed by atoms with Crippen molar-refractivity contribution in [1.82, 2.24) is 4.98 Å². The topological polar surface area (TPSA) is 103 Å². The second kappa shape index (κ2) is 6.55. The number of aryl methyl sites for hydroxylation is 1. The molecule has 3 N–H and O–H groups in total. The molecule has 2 aromatic rings. The maximum absolute atomic E-state index is 12.5. The monoisotopic (exact) mass is 398 g/mol. The van der Waals surface area contributed by atoms with Crippen LogP contribution in [0.5, 0.6) is 5.75 Å². The van der Waals surface area contributed by atoms with Gasteiger partial charge in [0.25, 0.3) is 5.91 Å². The Bertz CT molecular complexity index is 972. The summed E-state index contributed by atoms with van der Waals surface area (Å²) in [5, 5.41) is 3.54. The van der Waals surface area contributed by atoms with E-state index in [1.54, 1.807) is 18.7 Å². The van der Waals surface area contributed by atoms with E-state index in [1.807, 2.05) is 18.2 Å². The van der Waals surface area contributed by atoms with Crippen molar-refractivity contribution < 1.29 is 13.9 Å². The van der Waals surface area contributed by atoms with Crippen LogP contribution < -0.4 is 15.8 Å². The number of carbonyl (C=O) groups is 1. The zero-order valence-electron chi connectivity index (χ0n) is 15.6. The first-order valence-corrected chi connectivity index (χ1v) is 10.6. The Labute approximate surface area is 167 Å². The lowest BCUT2D eigenvalue weighted by atomic mass is 9.69. The second-order valence-electron chi connectivity index (χ2n) is 7.63. The Hall–Kier alpha value is -2.48. The van der Waals surface area contributed by atoms with E-state index in [1.165, 1.54) is 19.1 Å². The molecule has 1 fully saturated rings. The van der Waals surface area contributed by atoms with Crippen molar-refractivity contribution in [1.29, 1.82) is 0 Å². The van der Waals surface area contributed by atoms with Crippen LogP contribution in [0.15, 0.2) is 33.9 Å². The van der Waals surface area contributed by atoms with E-state index in [9.17, 15) is 4.79 Å². The standard InChI is InChI=1S/C20H22N4O3S/c1-11-22-15(9-26-11)18(25)23-12-6-7-17-14(8-12)20(10-28-19(21)24-20)13-4-2-3-5-16(13)27-17/h6-9,13,16H,2-5,10H2,1H3,(H2,21,24)(H,23,25). The van der Waals surface area contributed by atoms with Crippen LogP contribution in [-0.4, -0.2) is 27.9 Å². The third-order valence-corrected chi connectivity index (χ3v) is 6.87. The van der Waals surface area contributed by atoms with Crippen LogP contribution in [0, 0.1) is 12.8 Å². The molecular formula is C20H22N4O3S. The molecule has 1 saturated carbocycles. The third kappa shape index (κ3) is 2.78. The van der Waals surface area contributed by atoms with Crippen molar-refractivity contribution in [3.63, 3.8) is 0 Å². The van der Waals surface area contributed by atoms with E-state index in [0.717, 1.165) is 29.9 Å². The first-order chi connectivity index (χ1) is 13.5. The molecular weight excluding hydrogens is 376 g/mol. The minimum atomic E-state index is -0.376. The molecule has 1 aliphatic carbocycles. The number of ether oxygens (including phenoxy) is 1. The first kappa shape index (κ1) is 17.6. The number of hydrogen-bond acceptors (Lipinski definition) is 7. The number of thioether (sulfide) groups is 1. The average Bonchev–Trinajstić information content (AvgIpc) is 3.29. The van der Waals surface area contributed by atoms with Crippen molar-refractivity contribution in [2.24, 2.45) is 16.6 Å². The normalized spacial score (nSPS) is 28.2. The molecule has 1 spiro atoms. The highest BCUT2D eigenvalue weighted by Gasteiger charge is 2.53. The number of carbonyl (C=O) groups excluding carboxylic acids is 1. The van der Waals surface area contributed by atoms with Gasteiger partial charge in [0, 0.05) is 29.8 Å². The van der Waals surface area contributed by atoms with Crippen LogP contribution >= 0.6 is 11.8 Å². The molecule has 3 unspecified atom stereocenters. The van der Waals surface area contributed by atoms with E-state index < -0.39 is 0 Å². The van der Waals surface area contributed by atoms with Gasteiger partial charge in [-0.05, 0) is 37.5 Å². The van der Waals surface area contributed by atoms with Crippen LogP contribution in [0.3, 0.4) is 0 Å². The molecule has 7 nitrogen and oxygen atoms in total. The summed E-state index contributed by atoms with van der Waals surface area (Å²) >= 11 is 1.60. The maximum Gasteiger partial charge on any atom is 0.277 e. The van der Waals surface area contributed by atoms with Gasteiger partial charge in [0.15, 0.2) is 16.8 Å². The van der Waals surface area contributed by atoms with Crippen molar-refractivity contribution in [3.8, 4) is 5.75 Å². The molecule has 2 aliphatic heterocycles. The predicted octanol–water partition coefficient (Wildman–Crippen LogP) is 3.44. The van der Waals surface area contributed by atoms with Crippen LogP contribution in [-0.2, 0) is 5.54 Å². The Kier molecular flexibility index (Phi) is 4.12. The fourth-order valence-electron chi connectivity index (χ4n) is 4.63. The zero-order chi connectivity index (χ0) is 19.3. The number of oxazole rings is 1. The Morgan fingerprint density at radius 3 is 2.96 bits per heavy atom. The number of aliphatic imine (C=N–C) groups is 1. The van der Waals surface area contributed by atoms with Gasteiger partial charge in [0.2, 0.25) is 0 Å². The van der Waals surface area contributed by atoms with E-state index in [0.29, 0.717) is 22.7 Å². The fraction of sp³-hybridized carbons (Fsp3) is 0.450. The summed E-state index contributed by atoms with van der Waals surface area (Å²) in [6.45, 7) is 1.71. The number of anilines is 1. The molecule has 3 aliphatic rings. The molecule has 3 heterocycles. The summed E-state index contributed by atoms with van der Waals surface area (Å²) in [5.41, 5.74) is 7.68. The van der Waals surface area contributed by atoms with E-state index in [4.69, 9.17) is 19.9 Å². The van der Waals surface area contributed by atoms with Gasteiger partial charge in [-0.2, -0.15) is 0 Å². The largest absolute Gasteiger partial charge is 0.490 e. The minimum Gasteiger partial charge on any atom is -0.490 e. The van der Waals surface area contributed by atoms with E-state index in [-0.39, 0.29) is 23.2 Å². The summed E-state index contributed by atoms with van der Waals surface area (Å²) in [5.74, 6) is 2.13. The molecule has 146 valence electrons. The number of nitrogens with zero attached hydrogens (tertiary/aromatic N) is 2. The molecule has 0 bridgehead atoms. The number of fused-ring (bicyclic) bond motifs is 4. The highest BCUT2D eigenvalue weighted by Crippen LogP contribution is 2.54. The Morgan fingerprint density at radius 1 is 1.36 bits per heavy atom. The average molecular weight is 398 g/mol. The number of nitrogens with two attached hydrogens (primary N) is 1. The predicted molar refractivity (Wildman–Crippen MR) is 108 cm³/mol. The van der Waals surface area contributed by atoms with Gasteiger partial charge in [-0.25, -0.2) is 9.98 Å². The number of aromatic nitrogens is 1. The lowest BCUT2D eigenvalue weighted by molar-refractivity contribution is 0.0268. The van der Waals surface area contributed by atoms with Crippen LogP contribution in [0.2, 0.25) is 0 Å². The highest BCUT2D eigenvalue weighted by atomic mass is 32.2. The summed E-state index contributed by atoms with van der Waals surface area (Å²) < 4.78 is 11.5. The van der Waals surface area contributed by atoms with Gasteiger partial charge < -0.3 is 20.2 Å². The fourth-order valence-corrected chi connectivity index (χ4v) is 5.66. The van der Waals surface area contributed by atoms with Crippen molar-refractivity contribution in [2.75, 3.05) is 11.1 Å². The number of hydrogen-bond donors (Lipinski definition) is 2. The smallest absolute Gasteiger partial charge is 0.277 e. The summed E-state index contributed by atoms with van der Waals surface area (Å²) in [6, 6.07) is 5.77.